The Kier molecular flexibility index (Phi) is 156. The lowest BCUT2D eigenvalue weighted by Gasteiger charge is -1.95. The second-order valence-electron chi connectivity index (χ2n) is 2.18. The summed E-state index contributed by atoms with van der Waals surface area (Å²) < 4.78 is 0. The van der Waals surface area contributed by atoms with E-state index in [9.17, 15) is 0 Å². The van der Waals surface area contributed by atoms with Gasteiger partial charge < -0.3 is 0 Å². The number of hydrogen-bond donors (Lipinski definition) is 0. The van der Waals surface area contributed by atoms with E-state index in [4.69, 9.17) is 0 Å². The molecule has 0 aromatic rings. The van der Waals surface area contributed by atoms with Crippen LogP contribution >= 0.6 is 0 Å². The molecule has 0 fully saturated rings. The Hall–Kier alpha value is 0. The van der Waals surface area contributed by atoms with Crippen LogP contribution in [0.2, 0.25) is 0 Å². The Balaban J connectivity index is -0.0000000287. The Labute approximate surface area is 95.5 Å². The monoisotopic (exact) mass is 206 g/mol. The molecule has 0 saturated carbocycles. The first-order valence-corrected chi connectivity index (χ1v) is 6.77. The van der Waals surface area contributed by atoms with Crippen molar-refractivity contribution in [2.75, 3.05) is 0 Å². The molecule has 0 aromatic heterocycles. The average molecular weight is 206 g/mol. The van der Waals surface area contributed by atoms with Gasteiger partial charge in [0, 0.05) is 0 Å². The topological polar surface area (TPSA) is 0 Å². The molecule has 0 radical (unpaired) electrons. The third-order valence-corrected chi connectivity index (χ3v) is 0.866. The van der Waals surface area contributed by atoms with E-state index in [2.05, 4.69) is 20.8 Å². The standard InChI is InChI=1S/C6H14.4C2H6/c1-4-5-6(2)3;4*1-2/h6H,4-5H2,1-3H3;4*1-2H3. The van der Waals surface area contributed by atoms with E-state index >= 15 is 0 Å². The second-order valence-corrected chi connectivity index (χ2v) is 2.18. The maximum Gasteiger partial charge on any atom is -0.0471 e. The predicted octanol–water partition coefficient (Wildman–Crippen LogP) is 6.55. The van der Waals surface area contributed by atoms with Crippen LogP contribution in [0.3, 0.4) is 0 Å². The van der Waals surface area contributed by atoms with Crippen LogP contribution in [0.5, 0.6) is 0 Å². The first-order chi connectivity index (χ1) is 6.77. The van der Waals surface area contributed by atoms with E-state index in [0.717, 1.165) is 5.92 Å². The van der Waals surface area contributed by atoms with Gasteiger partial charge in [0.05, 0.1) is 0 Å². The molecule has 0 spiro atoms. The minimum absolute atomic E-state index is 0.898. The van der Waals surface area contributed by atoms with E-state index in [1.807, 2.05) is 55.4 Å². The first-order valence-electron chi connectivity index (χ1n) is 6.77. The number of hydrogen-bond acceptors (Lipinski definition) is 0. The van der Waals surface area contributed by atoms with Crippen LogP contribution in [0.1, 0.15) is 89.0 Å². The van der Waals surface area contributed by atoms with Crippen LogP contribution in [0.4, 0.5) is 0 Å². The molecule has 0 rings (SSSR count). The van der Waals surface area contributed by atoms with Gasteiger partial charge in [-0.2, -0.15) is 0 Å². The minimum atomic E-state index is 0.898. The third kappa shape index (κ3) is 161. The van der Waals surface area contributed by atoms with Crippen molar-refractivity contribution in [2.24, 2.45) is 5.92 Å². The molecule has 0 N–H and O–H groups in total. The second kappa shape index (κ2) is 74.9. The SMILES string of the molecule is CC.CC.CC.CC.CCCC(C)C. The highest BCUT2D eigenvalue weighted by Gasteiger charge is 1.85. The highest BCUT2D eigenvalue weighted by atomic mass is 13.9. The first kappa shape index (κ1) is 29.2. The molecular formula is C14H38. The molecule has 0 aliphatic carbocycles. The summed E-state index contributed by atoms with van der Waals surface area (Å²) in [5.74, 6) is 0.898. The smallest absolute Gasteiger partial charge is 0.0471 e. The minimum Gasteiger partial charge on any atom is -0.0683 e. The van der Waals surface area contributed by atoms with Crippen molar-refractivity contribution in [1.29, 1.82) is 0 Å². The number of rotatable bonds is 2. The summed E-state index contributed by atoms with van der Waals surface area (Å²) >= 11 is 0. The van der Waals surface area contributed by atoms with E-state index in [0.29, 0.717) is 0 Å². The molecule has 0 aliphatic rings. The lowest BCUT2D eigenvalue weighted by Crippen LogP contribution is -1.81. The fourth-order valence-corrected chi connectivity index (χ4v) is 0.577. The van der Waals surface area contributed by atoms with Gasteiger partial charge >= 0.3 is 0 Å². The van der Waals surface area contributed by atoms with E-state index in [1.165, 1.54) is 12.8 Å². The largest absolute Gasteiger partial charge is 0.0683 e. The molecule has 0 unspecified atom stereocenters. The van der Waals surface area contributed by atoms with Gasteiger partial charge in [-0.05, 0) is 5.92 Å². The van der Waals surface area contributed by atoms with Crippen molar-refractivity contribution < 1.29 is 0 Å². The molecule has 0 aliphatic heterocycles. The maximum atomic E-state index is 2.25. The van der Waals surface area contributed by atoms with E-state index < -0.39 is 0 Å². The highest BCUT2D eigenvalue weighted by Crippen LogP contribution is 2.00. The summed E-state index contributed by atoms with van der Waals surface area (Å²) in [6.07, 6.45) is 2.71. The molecule has 94 valence electrons. The molecule has 0 heteroatoms. The van der Waals surface area contributed by atoms with Gasteiger partial charge in [-0.25, -0.2) is 0 Å². The Bertz CT molecular complexity index is 21.2. The lowest BCUT2D eigenvalue weighted by atomic mass is 10.1. The summed E-state index contributed by atoms with van der Waals surface area (Å²) in [7, 11) is 0. The van der Waals surface area contributed by atoms with Crippen LogP contribution < -0.4 is 0 Å². The van der Waals surface area contributed by atoms with E-state index in [1.54, 1.807) is 0 Å². The highest BCUT2D eigenvalue weighted by molar-refractivity contribution is 4.38. The zero-order valence-electron chi connectivity index (χ0n) is 13.0. The van der Waals surface area contributed by atoms with Crippen molar-refractivity contribution in [2.45, 2.75) is 89.0 Å². The van der Waals surface area contributed by atoms with Crippen LogP contribution in [-0.2, 0) is 0 Å². The molecule has 0 saturated heterocycles. The van der Waals surface area contributed by atoms with Gasteiger partial charge in [0.2, 0.25) is 0 Å². The van der Waals surface area contributed by atoms with Gasteiger partial charge in [0.15, 0.2) is 0 Å². The zero-order chi connectivity index (χ0) is 13.0. The summed E-state index contributed by atoms with van der Waals surface area (Å²) in [6.45, 7) is 22.7. The molecule has 0 amide bonds. The molecule has 0 bridgehead atoms. The van der Waals surface area contributed by atoms with Gasteiger partial charge in [0.1, 0.15) is 0 Å². The van der Waals surface area contributed by atoms with Crippen molar-refractivity contribution in [1.82, 2.24) is 0 Å². The maximum absolute atomic E-state index is 2.25. The van der Waals surface area contributed by atoms with Crippen LogP contribution in [0, 0.1) is 5.92 Å². The van der Waals surface area contributed by atoms with Crippen molar-refractivity contribution in [3.05, 3.63) is 0 Å². The lowest BCUT2D eigenvalue weighted by molar-refractivity contribution is 0.576. The molecular weight excluding hydrogens is 168 g/mol. The van der Waals surface area contributed by atoms with Gasteiger partial charge in [-0.3, -0.25) is 0 Å². The Morgan fingerprint density at radius 2 is 0.857 bits per heavy atom. The average Bonchev–Trinajstić information content (AvgIpc) is 2.29. The predicted molar refractivity (Wildman–Crippen MR) is 75.1 cm³/mol. The molecule has 0 atom stereocenters. The van der Waals surface area contributed by atoms with Crippen molar-refractivity contribution in [3.63, 3.8) is 0 Å². The Morgan fingerprint density at radius 1 is 0.643 bits per heavy atom. The van der Waals surface area contributed by atoms with E-state index in [-0.39, 0.29) is 0 Å². The van der Waals surface area contributed by atoms with Crippen LogP contribution in [0.25, 0.3) is 0 Å². The molecule has 0 aromatic carbocycles. The molecule has 0 heterocycles. The van der Waals surface area contributed by atoms with Crippen LogP contribution in [0.15, 0.2) is 0 Å². The third-order valence-electron chi connectivity index (χ3n) is 0.866. The van der Waals surface area contributed by atoms with Gasteiger partial charge in [-0.15, -0.1) is 0 Å². The fraction of sp³-hybridized carbons (Fsp3) is 1.00. The van der Waals surface area contributed by atoms with Crippen molar-refractivity contribution in [3.8, 4) is 0 Å². The Morgan fingerprint density at radius 3 is 0.857 bits per heavy atom. The molecule has 14 heavy (non-hydrogen) atoms. The van der Waals surface area contributed by atoms with Crippen LogP contribution in [-0.4, -0.2) is 0 Å². The van der Waals surface area contributed by atoms with Gasteiger partial charge in [-0.1, -0.05) is 89.0 Å². The quantitative estimate of drug-likeness (QED) is 0.481. The normalized spacial score (nSPS) is 6.00. The summed E-state index contributed by atoms with van der Waals surface area (Å²) in [5, 5.41) is 0. The summed E-state index contributed by atoms with van der Waals surface area (Å²) in [4.78, 5) is 0. The van der Waals surface area contributed by atoms with Crippen molar-refractivity contribution >= 4 is 0 Å². The fourth-order valence-electron chi connectivity index (χ4n) is 0.577. The van der Waals surface area contributed by atoms with Gasteiger partial charge in [0.25, 0.3) is 0 Å². The summed E-state index contributed by atoms with van der Waals surface area (Å²) in [6, 6.07) is 0. The molecule has 0 nitrogen and oxygen atoms in total. The summed E-state index contributed by atoms with van der Waals surface area (Å²) in [5.41, 5.74) is 0. The zero-order valence-corrected chi connectivity index (χ0v) is 13.0.